The Bertz CT molecular complexity index is 2720. The van der Waals surface area contributed by atoms with Crippen molar-refractivity contribution in [3.8, 4) is 0 Å². The van der Waals surface area contributed by atoms with Gasteiger partial charge in [-0.05, 0) is 121 Å². The molecule has 5 N–H and O–H groups in total. The number of thioether (sulfide) groups is 2. The lowest BCUT2D eigenvalue weighted by atomic mass is 9.95. The van der Waals surface area contributed by atoms with Crippen LogP contribution in [0.4, 0.5) is 9.59 Å². The van der Waals surface area contributed by atoms with Gasteiger partial charge in [0.1, 0.15) is 37.1 Å². The van der Waals surface area contributed by atoms with Crippen molar-refractivity contribution in [2.45, 2.75) is 178 Å². The van der Waals surface area contributed by atoms with E-state index in [0.717, 1.165) is 56.9 Å². The highest BCUT2D eigenvalue weighted by Gasteiger charge is 2.40. The topological polar surface area (TPSA) is 376 Å². The van der Waals surface area contributed by atoms with Gasteiger partial charge in [0.05, 0.1) is 82.5 Å². The fourth-order valence-electron chi connectivity index (χ4n) is 11.7. The van der Waals surface area contributed by atoms with Crippen LogP contribution >= 0.6 is 23.5 Å². The number of nitrogens with zero attached hydrogens (tertiary/aromatic N) is 6. The van der Waals surface area contributed by atoms with Gasteiger partial charge < -0.3 is 87.8 Å². The second-order valence-corrected chi connectivity index (χ2v) is 28.8. The fraction of sp³-hybridized carbons (Fsp3) is 0.784. The third-order valence-corrected chi connectivity index (χ3v) is 20.6. The maximum atomic E-state index is 14.1. The number of ketones is 1. The molecule has 2 fully saturated rings. The molecule has 0 aromatic carbocycles. The number of alkyl carbamates (subject to hydrolysis) is 1. The molecule has 0 aromatic heterocycles. The minimum atomic E-state index is -1.09. The van der Waals surface area contributed by atoms with Gasteiger partial charge in [-0.3, -0.25) is 58.3 Å². The van der Waals surface area contributed by atoms with E-state index in [4.69, 9.17) is 47.4 Å². The van der Waals surface area contributed by atoms with Crippen molar-refractivity contribution >= 4 is 88.8 Å². The molecule has 2 heterocycles. The molecule has 0 radical (unpaired) electrons. The largest absolute Gasteiger partial charge is 0.552 e. The molecule has 34 heteroatoms. The van der Waals surface area contributed by atoms with Gasteiger partial charge in [-0.2, -0.15) is 6.61 Å². The first-order valence-corrected chi connectivity index (χ1v) is 40.3. The van der Waals surface area contributed by atoms with Gasteiger partial charge in [-0.1, -0.05) is 38.4 Å². The number of imide groups is 2. The van der Waals surface area contributed by atoms with Crippen LogP contribution in [0.2, 0.25) is 0 Å². The molecule has 618 valence electrons. The molecule has 10 amide bonds. The Morgan fingerprint density at radius 3 is 1.75 bits per heavy atom. The highest BCUT2D eigenvalue weighted by molar-refractivity contribution is 8.00. The number of Topliss-reactive ketones (excluding diaryl/α,β-unsaturated/α-hetero) is 1. The number of unbranched alkanes of at least 4 members (excludes halogenated alkanes) is 6. The van der Waals surface area contributed by atoms with Crippen LogP contribution in [0, 0.1) is 6.61 Å². The van der Waals surface area contributed by atoms with E-state index >= 15 is 0 Å². The second kappa shape index (κ2) is 59.9. The Hall–Kier alpha value is -5.89. The quantitative estimate of drug-likeness (QED) is 0.0244. The van der Waals surface area contributed by atoms with Crippen molar-refractivity contribution in [1.29, 1.82) is 0 Å². The number of hydrogen-bond acceptors (Lipinski definition) is 26. The van der Waals surface area contributed by atoms with E-state index in [1.807, 2.05) is 24.8 Å². The lowest BCUT2D eigenvalue weighted by molar-refractivity contribution is -0.141. The number of carbonyl (C=O) groups excluding carboxylic acids is 11. The standard InChI is InChI=1S/C74H126N9O23S2/c1-8-78(9-2)74(96)105-60-27-25-57(26-28-60)61(106-73(95)75-3)23-18-24-66(88)79(33-14-10-12-16-49-107-62-51-67(89)82(71(62)93)35-29-58(84)21-19-31-76-64(86)53-80(37-39-101-45-41-97-4)69(91)55-103-47-43-99-6)34-15-11-13-17-50-108-63-52-68(90)83(72(63)94)36-30-59(85)22-20-32-77-65(87)54-81(38-40-102-46-42-98-5)70(92)56-104-48-44-100-7/h25,27,43,59,61-64,76,85-86H,8-24,26,28-42,44-56H2,1-7H3,(H,75,95)(H,77,87)/q-1. The number of aliphatic hydroxyl groups is 2. The Labute approximate surface area is 647 Å². The van der Waals surface area contributed by atoms with Gasteiger partial charge in [0.2, 0.25) is 47.3 Å². The highest BCUT2D eigenvalue weighted by atomic mass is 32.2. The maximum absolute atomic E-state index is 14.1. The molecule has 3 aliphatic rings. The Kier molecular flexibility index (Phi) is 53.4. The summed E-state index contributed by atoms with van der Waals surface area (Å²) in [7, 11) is 7.59. The number of aliphatic hydroxyl groups excluding tert-OH is 2. The van der Waals surface area contributed by atoms with Crippen LogP contribution in [0.15, 0.2) is 23.5 Å². The zero-order chi connectivity index (χ0) is 79.1. The van der Waals surface area contributed by atoms with E-state index in [1.165, 1.54) is 71.0 Å². The molecule has 32 nitrogen and oxygen atoms in total. The van der Waals surface area contributed by atoms with Crippen molar-refractivity contribution in [2.24, 2.45) is 0 Å². The summed E-state index contributed by atoms with van der Waals surface area (Å²) < 4.78 is 52.9. The number of allylic oxidation sites excluding steroid dienone is 3. The normalized spacial score (nSPS) is 15.9. The number of nitrogens with one attached hydrogen (secondary N) is 3. The molecule has 5 atom stereocenters. The van der Waals surface area contributed by atoms with Crippen molar-refractivity contribution < 1.29 is 110 Å². The summed E-state index contributed by atoms with van der Waals surface area (Å²) in [6, 6.07) is 0. The van der Waals surface area contributed by atoms with Crippen LogP contribution in [0.3, 0.4) is 0 Å². The molecule has 0 bridgehead atoms. The predicted octanol–water partition coefficient (Wildman–Crippen LogP) is 4.40. The molecule has 2 aliphatic heterocycles. The fourth-order valence-corrected chi connectivity index (χ4v) is 14.1. The maximum Gasteiger partial charge on any atom is 0.414 e. The van der Waals surface area contributed by atoms with Gasteiger partial charge in [0, 0.05) is 126 Å². The molecule has 0 spiro atoms. The molecule has 0 saturated carbocycles. The summed E-state index contributed by atoms with van der Waals surface area (Å²) in [4.78, 5) is 152. The number of rotatable bonds is 66. The lowest BCUT2D eigenvalue weighted by Crippen LogP contribution is -2.46. The SMILES string of the molecule is CCN(CC)C(=O)OC1=CC=C(C(CCCC(=O)N(CCCCCCSC2CC(=O)N(CCC(=O)CCCNC(O)CN(CCOCCOC)C(=O)COC[CH-]OC)C2=O)CCCCCCSC2CC(=O)N(CCC(O)CCCNC(=O)CN(CCOCCOC)C(=O)COCCOC)C2=O)OC(=O)NC)CC1. The van der Waals surface area contributed by atoms with E-state index < -0.39 is 41.1 Å². The first kappa shape index (κ1) is 96.3. The number of likely N-dealkylation sites (tertiary alicyclic amines) is 2. The smallest absolute Gasteiger partial charge is 0.414 e. The zero-order valence-corrected chi connectivity index (χ0v) is 66.7. The summed E-state index contributed by atoms with van der Waals surface area (Å²) in [6.45, 7) is 10.1. The first-order valence-electron chi connectivity index (χ1n) is 38.2. The van der Waals surface area contributed by atoms with Gasteiger partial charge in [-0.25, -0.2) is 9.59 Å². The van der Waals surface area contributed by atoms with Crippen LogP contribution in [0.5, 0.6) is 0 Å². The van der Waals surface area contributed by atoms with E-state index in [1.54, 1.807) is 25.2 Å². The third kappa shape index (κ3) is 41.4. The van der Waals surface area contributed by atoms with Crippen molar-refractivity contribution in [3.63, 3.8) is 0 Å². The number of hydrogen-bond donors (Lipinski definition) is 5. The van der Waals surface area contributed by atoms with Gasteiger partial charge in [-0.15, -0.1) is 23.5 Å². The number of carbonyl (C=O) groups is 11. The highest BCUT2D eigenvalue weighted by Crippen LogP contribution is 2.30. The number of methoxy groups -OCH3 is 4. The van der Waals surface area contributed by atoms with Gasteiger partial charge >= 0.3 is 12.2 Å². The minimum absolute atomic E-state index is 0.00306. The van der Waals surface area contributed by atoms with Crippen LogP contribution in [0.1, 0.15) is 149 Å². The number of ether oxygens (including phenoxy) is 10. The third-order valence-electron chi connectivity index (χ3n) is 18.0. The molecular formula is C74H126N9O23S2-. The number of amides is 10. The summed E-state index contributed by atoms with van der Waals surface area (Å²) in [5.41, 5.74) is 0.847. The van der Waals surface area contributed by atoms with E-state index in [-0.39, 0.29) is 184 Å². The molecule has 3 rings (SSSR count). The molecule has 5 unspecified atom stereocenters. The van der Waals surface area contributed by atoms with Crippen LogP contribution in [-0.4, -0.2) is 332 Å². The molecule has 108 heavy (non-hydrogen) atoms. The Morgan fingerprint density at radius 2 is 1.17 bits per heavy atom. The summed E-state index contributed by atoms with van der Waals surface area (Å²) in [5.74, 6) is -0.592. The molecule has 1 aliphatic carbocycles. The van der Waals surface area contributed by atoms with E-state index in [9.17, 15) is 63.0 Å². The Morgan fingerprint density at radius 1 is 0.583 bits per heavy atom. The Balaban J connectivity index is 1.47. The first-order chi connectivity index (χ1) is 52.2. The lowest BCUT2D eigenvalue weighted by Gasteiger charge is -2.26. The van der Waals surface area contributed by atoms with Crippen molar-refractivity contribution in [3.05, 3.63) is 30.1 Å². The van der Waals surface area contributed by atoms with Crippen molar-refractivity contribution in [1.82, 2.24) is 45.3 Å². The average molecular weight is 1570 g/mol. The molecule has 0 aromatic rings. The molecule has 2 saturated heterocycles. The molecular weight excluding hydrogens is 1450 g/mol. The van der Waals surface area contributed by atoms with Crippen LogP contribution in [0.25, 0.3) is 0 Å². The summed E-state index contributed by atoms with van der Waals surface area (Å²) >= 11 is 2.89. The van der Waals surface area contributed by atoms with Crippen molar-refractivity contribution in [2.75, 3.05) is 198 Å². The monoisotopic (exact) mass is 1570 g/mol. The minimum Gasteiger partial charge on any atom is -0.552 e. The van der Waals surface area contributed by atoms with Gasteiger partial charge in [0.25, 0.3) is 0 Å². The zero-order valence-electron chi connectivity index (χ0n) is 65.1. The second-order valence-electron chi connectivity index (χ2n) is 26.2. The van der Waals surface area contributed by atoms with Gasteiger partial charge in [0.15, 0.2) is 0 Å². The predicted molar refractivity (Wildman–Crippen MR) is 406 cm³/mol. The van der Waals surface area contributed by atoms with Crippen LogP contribution in [-0.2, 0) is 90.5 Å². The van der Waals surface area contributed by atoms with E-state index in [0.29, 0.717) is 121 Å². The van der Waals surface area contributed by atoms with Crippen LogP contribution < -0.4 is 16.0 Å². The summed E-state index contributed by atoms with van der Waals surface area (Å²) in [6.07, 6.45) is 10.0. The average Bonchev–Trinajstić information content (AvgIpc) is 1.70. The summed E-state index contributed by atoms with van der Waals surface area (Å²) in [5, 5.41) is 28.7. The van der Waals surface area contributed by atoms with E-state index in [2.05, 4.69) is 16.0 Å².